The zero-order valence-electron chi connectivity index (χ0n) is 8.92. The monoisotopic (exact) mass is 216 g/mol. The number of anilines is 1. The quantitative estimate of drug-likeness (QED) is 0.674. The first-order valence-corrected chi connectivity index (χ1v) is 5.19. The molecular formula is C11H12N4O. The third-order valence-corrected chi connectivity index (χ3v) is 2.67. The Bertz CT molecular complexity index is 535. The van der Waals surface area contributed by atoms with Gasteiger partial charge in [-0.25, -0.2) is 0 Å². The Labute approximate surface area is 92.9 Å². The Morgan fingerprint density at radius 1 is 1.50 bits per heavy atom. The molecule has 1 aromatic heterocycles. The molecule has 0 saturated heterocycles. The standard InChI is InChI=1S/C11H12N4O/c1-7-5-15-6-13-14-11(15)8-3-2-4-9(12)10(8)16-7/h2-4,6-7H,5,12H2,1H3/t7-/m1/s1. The summed E-state index contributed by atoms with van der Waals surface area (Å²) in [5.41, 5.74) is 7.46. The van der Waals surface area contributed by atoms with Gasteiger partial charge in [-0.05, 0) is 19.1 Å². The van der Waals surface area contributed by atoms with E-state index in [0.717, 1.165) is 17.9 Å². The molecular weight excluding hydrogens is 204 g/mol. The molecule has 2 heterocycles. The van der Waals surface area contributed by atoms with Crippen LogP contribution in [0, 0.1) is 0 Å². The van der Waals surface area contributed by atoms with Gasteiger partial charge >= 0.3 is 0 Å². The van der Waals surface area contributed by atoms with Crippen molar-refractivity contribution >= 4 is 5.69 Å². The summed E-state index contributed by atoms with van der Waals surface area (Å²) in [7, 11) is 0. The van der Waals surface area contributed by atoms with Crippen molar-refractivity contribution in [3.8, 4) is 17.1 Å². The zero-order chi connectivity index (χ0) is 11.1. The highest BCUT2D eigenvalue weighted by atomic mass is 16.5. The molecule has 16 heavy (non-hydrogen) atoms. The van der Waals surface area contributed by atoms with Crippen LogP contribution in [0.5, 0.6) is 5.75 Å². The van der Waals surface area contributed by atoms with Crippen LogP contribution in [0.25, 0.3) is 11.4 Å². The third-order valence-electron chi connectivity index (χ3n) is 2.67. The van der Waals surface area contributed by atoms with E-state index in [-0.39, 0.29) is 6.10 Å². The first-order chi connectivity index (χ1) is 7.75. The summed E-state index contributed by atoms with van der Waals surface area (Å²) in [5.74, 6) is 1.52. The van der Waals surface area contributed by atoms with E-state index in [4.69, 9.17) is 10.5 Å². The van der Waals surface area contributed by atoms with Gasteiger partial charge in [0.1, 0.15) is 12.4 Å². The summed E-state index contributed by atoms with van der Waals surface area (Å²) < 4.78 is 7.80. The van der Waals surface area contributed by atoms with Gasteiger partial charge in [-0.2, -0.15) is 0 Å². The lowest BCUT2D eigenvalue weighted by Crippen LogP contribution is -2.17. The number of nitrogen functional groups attached to an aromatic ring is 1. The van der Waals surface area contributed by atoms with Gasteiger partial charge in [0.25, 0.3) is 0 Å². The predicted molar refractivity (Wildman–Crippen MR) is 60.0 cm³/mol. The van der Waals surface area contributed by atoms with Crippen LogP contribution < -0.4 is 10.5 Å². The number of fused-ring (bicyclic) bond motifs is 3. The van der Waals surface area contributed by atoms with E-state index >= 15 is 0 Å². The van der Waals surface area contributed by atoms with E-state index < -0.39 is 0 Å². The van der Waals surface area contributed by atoms with E-state index in [9.17, 15) is 0 Å². The molecule has 3 rings (SSSR count). The number of benzene rings is 1. The molecule has 0 fully saturated rings. The van der Waals surface area contributed by atoms with Gasteiger partial charge in [0.05, 0.1) is 17.8 Å². The molecule has 0 radical (unpaired) electrons. The molecule has 0 spiro atoms. The van der Waals surface area contributed by atoms with Crippen molar-refractivity contribution in [3.63, 3.8) is 0 Å². The third kappa shape index (κ3) is 1.25. The van der Waals surface area contributed by atoms with Gasteiger partial charge in [-0.3, -0.25) is 0 Å². The molecule has 1 atom stereocenters. The van der Waals surface area contributed by atoms with Crippen LogP contribution in [0.2, 0.25) is 0 Å². The lowest BCUT2D eigenvalue weighted by molar-refractivity contribution is 0.207. The van der Waals surface area contributed by atoms with E-state index in [1.165, 1.54) is 0 Å². The summed E-state index contributed by atoms with van der Waals surface area (Å²) in [6, 6.07) is 5.67. The number of aromatic nitrogens is 3. The minimum atomic E-state index is 0.0562. The summed E-state index contributed by atoms with van der Waals surface area (Å²) in [6.45, 7) is 2.74. The average Bonchev–Trinajstić information content (AvgIpc) is 2.64. The number of nitrogens with two attached hydrogens (primary N) is 1. The Kier molecular flexibility index (Phi) is 1.86. The van der Waals surface area contributed by atoms with E-state index in [1.807, 2.05) is 29.7 Å². The number of ether oxygens (including phenoxy) is 1. The maximum absolute atomic E-state index is 5.92. The molecule has 1 aliphatic rings. The van der Waals surface area contributed by atoms with Crippen molar-refractivity contribution < 1.29 is 4.74 Å². The molecule has 5 heteroatoms. The smallest absolute Gasteiger partial charge is 0.167 e. The van der Waals surface area contributed by atoms with Gasteiger partial charge in [0.15, 0.2) is 11.6 Å². The Morgan fingerprint density at radius 3 is 3.25 bits per heavy atom. The summed E-state index contributed by atoms with van der Waals surface area (Å²) in [6.07, 6.45) is 1.77. The number of rotatable bonds is 0. The Balaban J connectivity index is 2.28. The fourth-order valence-corrected chi connectivity index (χ4v) is 1.98. The molecule has 0 unspecified atom stereocenters. The van der Waals surface area contributed by atoms with Crippen LogP contribution in [0.4, 0.5) is 5.69 Å². The molecule has 2 aromatic rings. The number of nitrogens with zero attached hydrogens (tertiary/aromatic N) is 3. The molecule has 0 aliphatic carbocycles. The van der Waals surface area contributed by atoms with Gasteiger partial charge in [0.2, 0.25) is 0 Å². The average molecular weight is 216 g/mol. The number of hydrogen-bond donors (Lipinski definition) is 1. The lowest BCUT2D eigenvalue weighted by Gasteiger charge is -2.13. The molecule has 0 bridgehead atoms. The predicted octanol–water partition coefficient (Wildman–Crippen LogP) is 1.31. The van der Waals surface area contributed by atoms with Crippen LogP contribution >= 0.6 is 0 Å². The molecule has 0 amide bonds. The topological polar surface area (TPSA) is 66.0 Å². The number of hydrogen-bond acceptors (Lipinski definition) is 4. The first kappa shape index (κ1) is 9.21. The maximum Gasteiger partial charge on any atom is 0.167 e. The van der Waals surface area contributed by atoms with Crippen molar-refractivity contribution in [2.24, 2.45) is 0 Å². The van der Waals surface area contributed by atoms with Crippen LogP contribution in [0.1, 0.15) is 6.92 Å². The van der Waals surface area contributed by atoms with E-state index in [0.29, 0.717) is 11.4 Å². The normalized spacial score (nSPS) is 18.2. The molecule has 1 aliphatic heterocycles. The Morgan fingerprint density at radius 2 is 2.38 bits per heavy atom. The van der Waals surface area contributed by atoms with E-state index in [2.05, 4.69) is 10.2 Å². The summed E-state index contributed by atoms with van der Waals surface area (Å²) >= 11 is 0. The SMILES string of the molecule is C[C@@H]1Cn2cnnc2-c2cccc(N)c2O1. The molecule has 1 aromatic carbocycles. The molecule has 0 saturated carbocycles. The first-order valence-electron chi connectivity index (χ1n) is 5.19. The zero-order valence-corrected chi connectivity index (χ0v) is 8.92. The largest absolute Gasteiger partial charge is 0.486 e. The highest BCUT2D eigenvalue weighted by Gasteiger charge is 2.22. The van der Waals surface area contributed by atoms with Crippen molar-refractivity contribution in [2.75, 3.05) is 5.73 Å². The highest BCUT2D eigenvalue weighted by Crippen LogP contribution is 2.36. The Hall–Kier alpha value is -2.04. The van der Waals surface area contributed by atoms with Gasteiger partial charge < -0.3 is 15.0 Å². The van der Waals surface area contributed by atoms with Crippen LogP contribution in [-0.4, -0.2) is 20.9 Å². The van der Waals surface area contributed by atoms with Crippen molar-refractivity contribution in [1.29, 1.82) is 0 Å². The lowest BCUT2D eigenvalue weighted by atomic mass is 10.1. The second-order valence-corrected chi connectivity index (χ2v) is 3.96. The minimum absolute atomic E-state index is 0.0562. The fraction of sp³-hybridized carbons (Fsp3) is 0.273. The molecule has 82 valence electrons. The molecule has 5 nitrogen and oxygen atoms in total. The fourth-order valence-electron chi connectivity index (χ4n) is 1.98. The van der Waals surface area contributed by atoms with Crippen LogP contribution in [0.3, 0.4) is 0 Å². The van der Waals surface area contributed by atoms with Crippen molar-refractivity contribution in [1.82, 2.24) is 14.8 Å². The van der Waals surface area contributed by atoms with Gasteiger partial charge in [-0.1, -0.05) is 6.07 Å². The minimum Gasteiger partial charge on any atom is -0.486 e. The summed E-state index contributed by atoms with van der Waals surface area (Å²) in [4.78, 5) is 0. The summed E-state index contributed by atoms with van der Waals surface area (Å²) in [5, 5.41) is 8.04. The van der Waals surface area contributed by atoms with Gasteiger partial charge in [-0.15, -0.1) is 10.2 Å². The maximum atomic E-state index is 5.92. The van der Waals surface area contributed by atoms with E-state index in [1.54, 1.807) is 6.33 Å². The highest BCUT2D eigenvalue weighted by molar-refractivity contribution is 5.73. The molecule has 2 N–H and O–H groups in total. The van der Waals surface area contributed by atoms with Crippen LogP contribution in [-0.2, 0) is 6.54 Å². The van der Waals surface area contributed by atoms with Gasteiger partial charge in [0, 0.05) is 0 Å². The number of para-hydroxylation sites is 1. The van der Waals surface area contributed by atoms with Crippen molar-refractivity contribution in [3.05, 3.63) is 24.5 Å². The van der Waals surface area contributed by atoms with Crippen molar-refractivity contribution in [2.45, 2.75) is 19.6 Å². The van der Waals surface area contributed by atoms with Crippen LogP contribution in [0.15, 0.2) is 24.5 Å². The second kappa shape index (κ2) is 3.23. The second-order valence-electron chi connectivity index (χ2n) is 3.96.